The largest absolute Gasteiger partial charge is 0.495 e. The molecule has 1 atom stereocenters. The molecule has 63 heavy (non-hydrogen) atoms. The van der Waals surface area contributed by atoms with Crippen LogP contribution in [0.15, 0.2) is 36.5 Å². The van der Waals surface area contributed by atoms with Crippen LogP contribution in [0.4, 0.5) is 52.1 Å². The Kier molecular flexibility index (Phi) is 12.9. The summed E-state index contributed by atoms with van der Waals surface area (Å²) in [5, 5.41) is 11.2. The lowest BCUT2D eigenvalue weighted by molar-refractivity contribution is -0.140. The van der Waals surface area contributed by atoms with E-state index >= 15 is 17.6 Å². The van der Waals surface area contributed by atoms with E-state index in [9.17, 15) is 19.2 Å². The smallest absolute Gasteiger partial charge is 0.342 e. The molecule has 4 N–H and O–H groups in total. The maximum Gasteiger partial charge on any atom is 0.342 e. The number of anilines is 6. The first-order valence-corrected chi connectivity index (χ1v) is 21.6. The first-order chi connectivity index (χ1) is 30.3. The number of methoxy groups -OCH3 is 1. The molecule has 1 aliphatic carbocycles. The zero-order chi connectivity index (χ0) is 44.4. The molecule has 1 saturated carbocycles. The fourth-order valence-corrected chi connectivity index (χ4v) is 9.13. The number of imide groups is 1. The number of halogens is 4. The van der Waals surface area contributed by atoms with Crippen molar-refractivity contribution in [3.63, 3.8) is 0 Å². The Labute approximate surface area is 362 Å². The highest BCUT2D eigenvalue weighted by molar-refractivity contribution is 6.02. The number of nitrogens with one attached hydrogen (secondary N) is 4. The van der Waals surface area contributed by atoms with Crippen LogP contribution in [-0.4, -0.2) is 141 Å². The molecule has 8 rings (SSSR count). The lowest BCUT2D eigenvalue weighted by Crippen LogP contribution is -2.50. The number of alkyl halides is 2. The van der Waals surface area contributed by atoms with Crippen molar-refractivity contribution in [3.05, 3.63) is 53.7 Å². The Balaban J connectivity index is 0.797. The highest BCUT2D eigenvalue weighted by Gasteiger charge is 2.49. The molecule has 4 aliphatic heterocycles. The van der Waals surface area contributed by atoms with Gasteiger partial charge in [-0.1, -0.05) is 12.8 Å². The lowest BCUT2D eigenvalue weighted by Gasteiger charge is -2.38. The van der Waals surface area contributed by atoms with Crippen LogP contribution in [0.25, 0.3) is 0 Å². The second kappa shape index (κ2) is 18.5. The normalized spacial score (nSPS) is 21.5. The quantitative estimate of drug-likeness (QED) is 0.152. The van der Waals surface area contributed by atoms with Crippen LogP contribution in [-0.2, 0) is 14.4 Å². The van der Waals surface area contributed by atoms with Crippen molar-refractivity contribution in [1.82, 2.24) is 30.4 Å². The first kappa shape index (κ1) is 43.9. The van der Waals surface area contributed by atoms with Gasteiger partial charge in [0, 0.05) is 95.6 Å². The Morgan fingerprint density at radius 2 is 1.60 bits per heavy atom. The summed E-state index contributed by atoms with van der Waals surface area (Å²) in [7, 11) is 2.78. The number of amides is 4. The van der Waals surface area contributed by atoms with E-state index in [1.165, 1.54) is 20.4 Å². The molecule has 338 valence electrons. The number of nitrogens with zero attached hydrogens (tertiary/aromatic N) is 7. The van der Waals surface area contributed by atoms with Gasteiger partial charge in [-0.25, -0.2) is 13.8 Å². The Morgan fingerprint density at radius 3 is 2.30 bits per heavy atom. The molecular weight excluding hydrogens is 827 g/mol. The zero-order valence-electron chi connectivity index (χ0n) is 35.4. The number of benzene rings is 2. The van der Waals surface area contributed by atoms with Gasteiger partial charge in [-0.3, -0.25) is 29.4 Å². The monoisotopic (exact) mass is 879 g/mol. The summed E-state index contributed by atoms with van der Waals surface area (Å²) in [4.78, 5) is 67.5. The van der Waals surface area contributed by atoms with Gasteiger partial charge in [0.2, 0.25) is 17.8 Å². The predicted octanol–water partition coefficient (Wildman–Crippen LogP) is 4.10. The van der Waals surface area contributed by atoms with E-state index in [1.54, 1.807) is 23.1 Å². The van der Waals surface area contributed by atoms with Crippen molar-refractivity contribution in [2.45, 2.75) is 75.4 Å². The second-order valence-electron chi connectivity index (χ2n) is 16.9. The predicted molar refractivity (Wildman–Crippen MR) is 228 cm³/mol. The highest BCUT2D eigenvalue weighted by atomic mass is 19.3. The number of carbonyl (C=O) groups excluding carboxylic acids is 4. The van der Waals surface area contributed by atoms with Gasteiger partial charge in [-0.2, -0.15) is 13.8 Å². The Bertz CT molecular complexity index is 2210. The fraction of sp³-hybridized carbons (Fsp3) is 0.535. The van der Waals surface area contributed by atoms with Crippen molar-refractivity contribution < 1.29 is 41.5 Å². The molecule has 1 aromatic heterocycles. The molecule has 1 unspecified atom stereocenters. The molecule has 5 heterocycles. The van der Waals surface area contributed by atoms with E-state index in [4.69, 9.17) is 4.74 Å². The molecule has 0 bridgehead atoms. The third kappa shape index (κ3) is 9.75. The molecule has 5 aliphatic rings. The van der Waals surface area contributed by atoms with Gasteiger partial charge < -0.3 is 40.3 Å². The van der Waals surface area contributed by atoms with Gasteiger partial charge >= 0.3 is 5.92 Å². The lowest BCUT2D eigenvalue weighted by atomic mass is 10.0. The topological polar surface area (TPSA) is 168 Å². The van der Waals surface area contributed by atoms with Crippen LogP contribution in [0.3, 0.4) is 0 Å². The standard InChI is InChI=1S/C43H53F4N11O5/c1-54-35-24-48-42(53-38(35)58(28-5-3-4-6-28)25-43(46,47)41(54)62)51-31-8-7-26(21-36(31)63-2)39(60)49-27-11-13-55(14-12-27)15-16-56-17-19-57(20-18-56)34-23-29(44)33(22-30(34)45)50-32-9-10-37(59)52-40(32)61/h7-8,21-24,27-28,32,50H,3-6,9-20,25H2,1-2H3,(H,49,60)(H,48,51,53)(H,52,59,61). The Hall–Kier alpha value is -5.76. The van der Waals surface area contributed by atoms with E-state index in [0.29, 0.717) is 43.2 Å². The molecule has 16 nitrogen and oxygen atoms in total. The van der Waals surface area contributed by atoms with Crippen molar-refractivity contribution in [1.29, 1.82) is 0 Å². The first-order valence-electron chi connectivity index (χ1n) is 21.6. The molecule has 0 spiro atoms. The van der Waals surface area contributed by atoms with E-state index in [1.807, 2.05) is 4.90 Å². The Morgan fingerprint density at radius 1 is 0.889 bits per heavy atom. The zero-order valence-corrected chi connectivity index (χ0v) is 35.4. The minimum Gasteiger partial charge on any atom is -0.495 e. The molecular formula is C43H53F4N11O5. The van der Waals surface area contributed by atoms with E-state index in [2.05, 4.69) is 41.0 Å². The number of hydrogen-bond donors (Lipinski definition) is 4. The van der Waals surface area contributed by atoms with E-state index < -0.39 is 42.0 Å². The summed E-state index contributed by atoms with van der Waals surface area (Å²) in [6.45, 7) is 4.92. The van der Waals surface area contributed by atoms with Gasteiger partial charge in [0.1, 0.15) is 29.1 Å². The number of aromatic nitrogens is 2. The summed E-state index contributed by atoms with van der Waals surface area (Å²) in [6, 6.07) is 6.18. The highest BCUT2D eigenvalue weighted by Crippen LogP contribution is 2.40. The van der Waals surface area contributed by atoms with Gasteiger partial charge in [0.15, 0.2) is 5.82 Å². The summed E-state index contributed by atoms with van der Waals surface area (Å²) in [6.07, 6.45) is 6.51. The number of rotatable bonds is 12. The summed E-state index contributed by atoms with van der Waals surface area (Å²) in [5.41, 5.74) is 1.13. The van der Waals surface area contributed by atoms with Crippen LogP contribution >= 0.6 is 0 Å². The van der Waals surface area contributed by atoms with E-state index in [0.717, 1.165) is 81.7 Å². The van der Waals surface area contributed by atoms with Crippen LogP contribution in [0.5, 0.6) is 5.75 Å². The average Bonchev–Trinajstić information content (AvgIpc) is 3.80. The minimum atomic E-state index is -3.59. The number of carbonyl (C=O) groups is 4. The molecule has 4 fully saturated rings. The molecule has 2 aromatic carbocycles. The maximum absolute atomic E-state index is 15.2. The number of hydrogen-bond acceptors (Lipinski definition) is 13. The fourth-order valence-electron chi connectivity index (χ4n) is 9.13. The number of likely N-dealkylation sites (tertiary alicyclic amines) is 1. The summed E-state index contributed by atoms with van der Waals surface area (Å²) >= 11 is 0. The van der Waals surface area contributed by atoms with Crippen LogP contribution in [0.2, 0.25) is 0 Å². The van der Waals surface area contributed by atoms with Gasteiger partial charge in [-0.15, -0.1) is 0 Å². The average molecular weight is 880 g/mol. The third-order valence-corrected chi connectivity index (χ3v) is 12.8. The van der Waals surface area contributed by atoms with Gasteiger partial charge in [-0.05, 0) is 50.3 Å². The molecule has 0 radical (unpaired) electrons. The van der Waals surface area contributed by atoms with Crippen LogP contribution < -0.4 is 40.7 Å². The van der Waals surface area contributed by atoms with Crippen molar-refractivity contribution in [3.8, 4) is 5.75 Å². The summed E-state index contributed by atoms with van der Waals surface area (Å²) < 4.78 is 65.9. The molecule has 4 amide bonds. The molecule has 3 aromatic rings. The summed E-state index contributed by atoms with van der Waals surface area (Å²) in [5.74, 6) is -6.59. The van der Waals surface area contributed by atoms with Crippen molar-refractivity contribution in [2.75, 3.05) is 98.4 Å². The second-order valence-corrected chi connectivity index (χ2v) is 16.9. The third-order valence-electron chi connectivity index (χ3n) is 12.8. The number of fused-ring (bicyclic) bond motifs is 1. The minimum absolute atomic E-state index is 0.0184. The number of ether oxygens (including phenoxy) is 1. The SMILES string of the molecule is COc1cc(C(=O)NC2CCN(CCN3CCN(c4cc(F)c(NC5CCC(=O)NC5=O)cc4F)CC3)CC2)ccc1Nc1ncc2c(n1)N(C1CCCC1)CC(F)(F)C(=O)N2C. The van der Waals surface area contributed by atoms with Crippen LogP contribution in [0.1, 0.15) is 61.7 Å². The number of piperazine rings is 1. The van der Waals surface area contributed by atoms with Crippen LogP contribution in [0, 0.1) is 11.6 Å². The number of piperidine rings is 2. The van der Waals surface area contributed by atoms with E-state index in [-0.39, 0.29) is 65.6 Å². The van der Waals surface area contributed by atoms with Crippen molar-refractivity contribution in [2.24, 2.45) is 0 Å². The molecule has 20 heteroatoms. The maximum atomic E-state index is 15.2. The van der Waals surface area contributed by atoms with Gasteiger partial charge in [0.25, 0.3) is 11.8 Å². The van der Waals surface area contributed by atoms with Crippen molar-refractivity contribution >= 4 is 58.1 Å². The van der Waals surface area contributed by atoms with Gasteiger partial charge in [0.05, 0.1) is 36.9 Å². The molecule has 3 saturated heterocycles.